The molecule has 2 aliphatic carbocycles. The largest absolute Gasteiger partial charge is 0.294 e. The van der Waals surface area contributed by atoms with E-state index in [0.29, 0.717) is 11.7 Å². The van der Waals surface area contributed by atoms with Crippen molar-refractivity contribution in [3.63, 3.8) is 0 Å². The molecule has 0 saturated heterocycles. The molecular formula is C10H12O. The first-order chi connectivity index (χ1) is 5.23. The van der Waals surface area contributed by atoms with Crippen LogP contribution in [0.3, 0.4) is 0 Å². The molecule has 1 heteroatoms. The van der Waals surface area contributed by atoms with Gasteiger partial charge in [-0.15, -0.1) is 0 Å². The fourth-order valence-electron chi connectivity index (χ4n) is 1.95. The molecule has 0 aromatic rings. The van der Waals surface area contributed by atoms with Crippen molar-refractivity contribution in [1.29, 1.82) is 0 Å². The van der Waals surface area contributed by atoms with E-state index >= 15 is 0 Å². The highest BCUT2D eigenvalue weighted by molar-refractivity contribution is 5.97. The average Bonchev–Trinajstić information content (AvgIpc) is 2.29. The van der Waals surface area contributed by atoms with E-state index in [1.165, 1.54) is 0 Å². The van der Waals surface area contributed by atoms with E-state index in [1.807, 2.05) is 0 Å². The first kappa shape index (κ1) is 6.84. The standard InChI is InChI=1S/C10H12O/c1-10-7-3-2-4-8(10)5-6-9(10)11/h2-3,5-6,8H,4,7H2,1H3/t8-,10+/m1/s1. The summed E-state index contributed by atoms with van der Waals surface area (Å²) in [6.07, 6.45) is 10.1. The Morgan fingerprint density at radius 3 is 3.09 bits per heavy atom. The smallest absolute Gasteiger partial charge is 0.162 e. The van der Waals surface area contributed by atoms with E-state index in [4.69, 9.17) is 0 Å². The number of fused-ring (bicyclic) bond motifs is 1. The summed E-state index contributed by atoms with van der Waals surface area (Å²) >= 11 is 0. The van der Waals surface area contributed by atoms with Crippen LogP contribution in [0.25, 0.3) is 0 Å². The third-order valence-corrected chi connectivity index (χ3v) is 2.96. The lowest BCUT2D eigenvalue weighted by molar-refractivity contribution is -0.123. The lowest BCUT2D eigenvalue weighted by Gasteiger charge is -2.30. The average molecular weight is 148 g/mol. The SMILES string of the molecule is C[C@]12CC=CC[C@@H]1C=CC2=O. The summed E-state index contributed by atoms with van der Waals surface area (Å²) < 4.78 is 0. The number of rotatable bonds is 0. The molecule has 0 amide bonds. The molecule has 0 spiro atoms. The molecule has 58 valence electrons. The summed E-state index contributed by atoms with van der Waals surface area (Å²) in [4.78, 5) is 11.4. The Kier molecular flexibility index (Phi) is 1.28. The number of hydrogen-bond donors (Lipinski definition) is 0. The van der Waals surface area contributed by atoms with Crippen LogP contribution in [0.15, 0.2) is 24.3 Å². The molecule has 0 heterocycles. The van der Waals surface area contributed by atoms with Crippen molar-refractivity contribution < 1.29 is 4.79 Å². The highest BCUT2D eigenvalue weighted by Gasteiger charge is 2.41. The third kappa shape index (κ3) is 0.802. The first-order valence-corrected chi connectivity index (χ1v) is 4.11. The van der Waals surface area contributed by atoms with Crippen LogP contribution >= 0.6 is 0 Å². The molecule has 0 aromatic carbocycles. The number of ketones is 1. The third-order valence-electron chi connectivity index (χ3n) is 2.96. The van der Waals surface area contributed by atoms with Crippen LogP contribution in [0.5, 0.6) is 0 Å². The zero-order valence-corrected chi connectivity index (χ0v) is 6.71. The minimum atomic E-state index is -0.0885. The maximum atomic E-state index is 11.4. The predicted molar refractivity (Wildman–Crippen MR) is 44.1 cm³/mol. The monoisotopic (exact) mass is 148 g/mol. The Balaban J connectivity index is 2.36. The Morgan fingerprint density at radius 1 is 1.55 bits per heavy atom. The Morgan fingerprint density at radius 2 is 2.36 bits per heavy atom. The predicted octanol–water partition coefficient (Wildman–Crippen LogP) is 2.10. The molecule has 2 aliphatic rings. The molecule has 0 radical (unpaired) electrons. The maximum absolute atomic E-state index is 11.4. The molecule has 2 rings (SSSR count). The topological polar surface area (TPSA) is 17.1 Å². The fourth-order valence-corrected chi connectivity index (χ4v) is 1.95. The van der Waals surface area contributed by atoms with Crippen molar-refractivity contribution in [2.24, 2.45) is 11.3 Å². The molecule has 0 aliphatic heterocycles. The van der Waals surface area contributed by atoms with E-state index < -0.39 is 0 Å². The van der Waals surface area contributed by atoms with Gasteiger partial charge in [0, 0.05) is 5.41 Å². The minimum absolute atomic E-state index is 0.0885. The molecule has 0 aromatic heterocycles. The summed E-state index contributed by atoms with van der Waals surface area (Å²) in [6, 6.07) is 0. The number of hydrogen-bond acceptors (Lipinski definition) is 1. The Hall–Kier alpha value is -0.850. The lowest BCUT2D eigenvalue weighted by atomic mass is 9.71. The summed E-state index contributed by atoms with van der Waals surface area (Å²) in [5.41, 5.74) is -0.0885. The normalized spacial score (nSPS) is 41.2. The summed E-state index contributed by atoms with van der Waals surface area (Å²) in [7, 11) is 0. The first-order valence-electron chi connectivity index (χ1n) is 4.11. The van der Waals surface area contributed by atoms with Gasteiger partial charge in [-0.1, -0.05) is 25.2 Å². The van der Waals surface area contributed by atoms with Crippen LogP contribution in [-0.4, -0.2) is 5.78 Å². The number of carbonyl (C=O) groups excluding carboxylic acids is 1. The fraction of sp³-hybridized carbons (Fsp3) is 0.500. The van der Waals surface area contributed by atoms with Gasteiger partial charge in [0.1, 0.15) is 0 Å². The van der Waals surface area contributed by atoms with Gasteiger partial charge in [0.15, 0.2) is 5.78 Å². The van der Waals surface area contributed by atoms with Crippen LogP contribution in [0.2, 0.25) is 0 Å². The second kappa shape index (κ2) is 2.07. The zero-order chi connectivity index (χ0) is 7.90. The number of allylic oxidation sites excluding steroid dienone is 4. The van der Waals surface area contributed by atoms with Crippen LogP contribution in [0.4, 0.5) is 0 Å². The van der Waals surface area contributed by atoms with Gasteiger partial charge >= 0.3 is 0 Å². The van der Waals surface area contributed by atoms with Crippen LogP contribution in [0, 0.1) is 11.3 Å². The Labute approximate surface area is 66.8 Å². The van der Waals surface area contributed by atoms with Crippen molar-refractivity contribution in [1.82, 2.24) is 0 Å². The molecule has 0 N–H and O–H groups in total. The van der Waals surface area contributed by atoms with E-state index in [0.717, 1.165) is 12.8 Å². The lowest BCUT2D eigenvalue weighted by Crippen LogP contribution is -2.30. The van der Waals surface area contributed by atoms with E-state index in [9.17, 15) is 4.79 Å². The minimum Gasteiger partial charge on any atom is -0.294 e. The van der Waals surface area contributed by atoms with Crippen LogP contribution < -0.4 is 0 Å². The van der Waals surface area contributed by atoms with Gasteiger partial charge in [-0.3, -0.25) is 4.79 Å². The molecular weight excluding hydrogens is 136 g/mol. The quantitative estimate of drug-likeness (QED) is 0.481. The van der Waals surface area contributed by atoms with Crippen molar-refractivity contribution >= 4 is 5.78 Å². The number of carbonyl (C=O) groups is 1. The highest BCUT2D eigenvalue weighted by atomic mass is 16.1. The van der Waals surface area contributed by atoms with E-state index in [2.05, 4.69) is 25.2 Å². The van der Waals surface area contributed by atoms with Gasteiger partial charge in [0.2, 0.25) is 0 Å². The van der Waals surface area contributed by atoms with Crippen molar-refractivity contribution in [2.45, 2.75) is 19.8 Å². The molecule has 2 atom stereocenters. The summed E-state index contributed by atoms with van der Waals surface area (Å²) in [6.45, 7) is 2.07. The summed E-state index contributed by atoms with van der Waals surface area (Å²) in [5.74, 6) is 0.784. The maximum Gasteiger partial charge on any atom is 0.162 e. The van der Waals surface area contributed by atoms with Crippen molar-refractivity contribution in [3.8, 4) is 0 Å². The van der Waals surface area contributed by atoms with Gasteiger partial charge < -0.3 is 0 Å². The van der Waals surface area contributed by atoms with E-state index in [-0.39, 0.29) is 5.41 Å². The highest BCUT2D eigenvalue weighted by Crippen LogP contribution is 2.43. The van der Waals surface area contributed by atoms with Crippen molar-refractivity contribution in [2.75, 3.05) is 0 Å². The second-order valence-electron chi connectivity index (χ2n) is 3.66. The van der Waals surface area contributed by atoms with E-state index in [1.54, 1.807) is 6.08 Å². The van der Waals surface area contributed by atoms with Gasteiger partial charge in [0.25, 0.3) is 0 Å². The van der Waals surface area contributed by atoms with Crippen LogP contribution in [-0.2, 0) is 4.79 Å². The molecule has 0 fully saturated rings. The molecule has 0 unspecified atom stereocenters. The second-order valence-corrected chi connectivity index (χ2v) is 3.66. The van der Waals surface area contributed by atoms with Gasteiger partial charge in [-0.05, 0) is 24.8 Å². The molecule has 1 nitrogen and oxygen atoms in total. The van der Waals surface area contributed by atoms with Crippen LogP contribution in [0.1, 0.15) is 19.8 Å². The zero-order valence-electron chi connectivity index (χ0n) is 6.71. The van der Waals surface area contributed by atoms with Gasteiger partial charge in [-0.2, -0.15) is 0 Å². The molecule has 0 bridgehead atoms. The van der Waals surface area contributed by atoms with Crippen molar-refractivity contribution in [3.05, 3.63) is 24.3 Å². The Bertz CT molecular complexity index is 250. The van der Waals surface area contributed by atoms with Gasteiger partial charge in [-0.25, -0.2) is 0 Å². The summed E-state index contributed by atoms with van der Waals surface area (Å²) in [5, 5.41) is 0. The van der Waals surface area contributed by atoms with Gasteiger partial charge in [0.05, 0.1) is 0 Å². The molecule has 0 saturated carbocycles. The molecule has 11 heavy (non-hydrogen) atoms.